The number of hydrogen-bond acceptors (Lipinski definition) is 1. The highest BCUT2D eigenvalue weighted by Gasteiger charge is 2.15. The van der Waals surface area contributed by atoms with Crippen LogP contribution in [-0.4, -0.2) is 9.55 Å². The SMILES string of the molecule is CCC=Cc1cn(-c2ccc(C(C)C)cc2)c2cnc(-c3c(CC)cccc3CC)cc12. The summed E-state index contributed by atoms with van der Waals surface area (Å²) in [5.74, 6) is 0.532. The number of pyridine rings is 1. The molecule has 2 nitrogen and oxygen atoms in total. The zero-order chi connectivity index (χ0) is 22.7. The molecule has 4 rings (SSSR count). The first-order valence-corrected chi connectivity index (χ1v) is 12.0. The van der Waals surface area contributed by atoms with Gasteiger partial charge in [0.2, 0.25) is 0 Å². The highest BCUT2D eigenvalue weighted by molar-refractivity contribution is 5.93. The summed E-state index contributed by atoms with van der Waals surface area (Å²) in [6, 6.07) is 17.8. The Labute approximate surface area is 192 Å². The minimum Gasteiger partial charge on any atom is -0.314 e. The standard InChI is InChI=1S/C30H34N2/c1-6-9-11-25-20-32(26-16-14-24(15-17-26)21(4)5)29-19-31-28(18-27(25)29)30-22(7-2)12-10-13-23(30)8-3/h9-21H,6-8H2,1-5H3. The number of allylic oxidation sites excluding steroid dienone is 1. The van der Waals surface area contributed by atoms with Crippen molar-refractivity contribution in [2.24, 2.45) is 0 Å². The fourth-order valence-electron chi connectivity index (χ4n) is 4.47. The molecule has 0 aliphatic carbocycles. The summed E-state index contributed by atoms with van der Waals surface area (Å²) in [5, 5.41) is 1.25. The Morgan fingerprint density at radius 3 is 2.22 bits per heavy atom. The van der Waals surface area contributed by atoms with Crippen LogP contribution in [0.5, 0.6) is 0 Å². The zero-order valence-electron chi connectivity index (χ0n) is 20.0. The Morgan fingerprint density at radius 2 is 1.62 bits per heavy atom. The molecule has 0 saturated heterocycles. The van der Waals surface area contributed by atoms with Crippen LogP contribution in [0.1, 0.15) is 69.2 Å². The highest BCUT2D eigenvalue weighted by Crippen LogP contribution is 2.33. The van der Waals surface area contributed by atoms with E-state index in [-0.39, 0.29) is 0 Å². The summed E-state index contributed by atoms with van der Waals surface area (Å²) < 4.78 is 2.28. The average molecular weight is 423 g/mol. The molecule has 2 aromatic heterocycles. The third-order valence-corrected chi connectivity index (χ3v) is 6.35. The molecule has 0 spiro atoms. The molecule has 164 valence electrons. The van der Waals surface area contributed by atoms with Gasteiger partial charge in [-0.2, -0.15) is 0 Å². The Bertz CT molecular complexity index is 1220. The second-order valence-electron chi connectivity index (χ2n) is 8.76. The first-order valence-electron chi connectivity index (χ1n) is 12.0. The van der Waals surface area contributed by atoms with Crippen LogP contribution in [0.2, 0.25) is 0 Å². The molecule has 0 bridgehead atoms. The molecule has 0 aliphatic heterocycles. The highest BCUT2D eigenvalue weighted by atomic mass is 15.0. The van der Waals surface area contributed by atoms with Crippen molar-refractivity contribution >= 4 is 17.0 Å². The smallest absolute Gasteiger partial charge is 0.0719 e. The normalized spacial score (nSPS) is 11.8. The zero-order valence-corrected chi connectivity index (χ0v) is 20.0. The van der Waals surface area contributed by atoms with Crippen LogP contribution in [0.25, 0.3) is 33.9 Å². The minimum absolute atomic E-state index is 0.532. The Kier molecular flexibility index (Phi) is 6.60. The summed E-state index contributed by atoms with van der Waals surface area (Å²) in [6.07, 6.45) is 11.8. The maximum absolute atomic E-state index is 4.97. The van der Waals surface area contributed by atoms with Gasteiger partial charge in [-0.3, -0.25) is 4.98 Å². The van der Waals surface area contributed by atoms with E-state index in [1.807, 2.05) is 0 Å². The molecule has 32 heavy (non-hydrogen) atoms. The maximum Gasteiger partial charge on any atom is 0.0719 e. The summed E-state index contributed by atoms with van der Waals surface area (Å²) in [5.41, 5.74) is 10.0. The van der Waals surface area contributed by atoms with Crippen molar-refractivity contribution in [3.05, 3.63) is 89.3 Å². The third-order valence-electron chi connectivity index (χ3n) is 6.35. The van der Waals surface area contributed by atoms with E-state index in [4.69, 9.17) is 4.98 Å². The Balaban J connectivity index is 1.91. The second kappa shape index (κ2) is 9.56. The largest absolute Gasteiger partial charge is 0.314 e. The number of nitrogens with zero attached hydrogens (tertiary/aromatic N) is 2. The lowest BCUT2D eigenvalue weighted by Crippen LogP contribution is -1.97. The van der Waals surface area contributed by atoms with Crippen LogP contribution in [0.15, 0.2) is 67.0 Å². The molecule has 0 unspecified atom stereocenters. The number of fused-ring (bicyclic) bond motifs is 1. The van der Waals surface area contributed by atoms with E-state index in [1.165, 1.54) is 38.9 Å². The number of aromatic nitrogens is 2. The van der Waals surface area contributed by atoms with E-state index in [0.717, 1.165) is 30.5 Å². The van der Waals surface area contributed by atoms with E-state index in [2.05, 4.69) is 112 Å². The van der Waals surface area contributed by atoms with Gasteiger partial charge in [-0.05, 0) is 60.1 Å². The van der Waals surface area contributed by atoms with Crippen molar-refractivity contribution in [3.8, 4) is 16.9 Å². The predicted octanol–water partition coefficient (Wildman–Crippen LogP) is 8.36. The van der Waals surface area contributed by atoms with Gasteiger partial charge in [0.1, 0.15) is 0 Å². The van der Waals surface area contributed by atoms with Gasteiger partial charge < -0.3 is 4.57 Å². The summed E-state index contributed by atoms with van der Waals surface area (Å²) >= 11 is 0. The van der Waals surface area contributed by atoms with Gasteiger partial charge in [0.15, 0.2) is 0 Å². The van der Waals surface area contributed by atoms with Crippen LogP contribution in [0.3, 0.4) is 0 Å². The Hall–Kier alpha value is -3.13. The van der Waals surface area contributed by atoms with Gasteiger partial charge >= 0.3 is 0 Å². The van der Waals surface area contributed by atoms with Gasteiger partial charge in [0.05, 0.1) is 17.4 Å². The second-order valence-corrected chi connectivity index (χ2v) is 8.76. The third kappa shape index (κ3) is 4.14. The van der Waals surface area contributed by atoms with E-state index in [9.17, 15) is 0 Å². The Morgan fingerprint density at radius 1 is 0.938 bits per heavy atom. The van der Waals surface area contributed by atoms with Crippen LogP contribution in [-0.2, 0) is 12.8 Å². The van der Waals surface area contributed by atoms with Crippen molar-refractivity contribution in [2.45, 2.75) is 59.8 Å². The molecule has 2 heterocycles. The number of rotatable bonds is 7. The molecule has 0 fully saturated rings. The molecule has 2 aromatic carbocycles. The number of hydrogen-bond donors (Lipinski definition) is 0. The van der Waals surface area contributed by atoms with Crippen LogP contribution >= 0.6 is 0 Å². The lowest BCUT2D eigenvalue weighted by Gasteiger charge is -2.13. The molecule has 4 aromatic rings. The van der Waals surface area contributed by atoms with Crippen molar-refractivity contribution in [3.63, 3.8) is 0 Å². The molecule has 0 radical (unpaired) electrons. The fraction of sp³-hybridized carbons (Fsp3) is 0.300. The molecule has 0 saturated carbocycles. The van der Waals surface area contributed by atoms with Crippen LogP contribution < -0.4 is 0 Å². The maximum atomic E-state index is 4.97. The van der Waals surface area contributed by atoms with Gasteiger partial charge in [-0.25, -0.2) is 0 Å². The molecule has 0 N–H and O–H groups in total. The van der Waals surface area contributed by atoms with E-state index >= 15 is 0 Å². The van der Waals surface area contributed by atoms with Crippen molar-refractivity contribution < 1.29 is 0 Å². The molecule has 0 amide bonds. The number of aryl methyl sites for hydroxylation is 2. The molecular formula is C30H34N2. The molecule has 0 atom stereocenters. The fourth-order valence-corrected chi connectivity index (χ4v) is 4.47. The van der Waals surface area contributed by atoms with E-state index in [1.54, 1.807) is 0 Å². The predicted molar refractivity (Wildman–Crippen MR) is 139 cm³/mol. The minimum atomic E-state index is 0.532. The quantitative estimate of drug-likeness (QED) is 0.292. The van der Waals surface area contributed by atoms with E-state index < -0.39 is 0 Å². The molecular weight excluding hydrogens is 388 g/mol. The van der Waals surface area contributed by atoms with Crippen LogP contribution in [0, 0.1) is 0 Å². The van der Waals surface area contributed by atoms with Crippen molar-refractivity contribution in [1.29, 1.82) is 0 Å². The van der Waals surface area contributed by atoms with Gasteiger partial charge in [-0.15, -0.1) is 0 Å². The van der Waals surface area contributed by atoms with Crippen molar-refractivity contribution in [1.82, 2.24) is 9.55 Å². The monoisotopic (exact) mass is 422 g/mol. The first-order chi connectivity index (χ1) is 15.6. The summed E-state index contributed by atoms with van der Waals surface area (Å²) in [4.78, 5) is 4.97. The van der Waals surface area contributed by atoms with E-state index in [0.29, 0.717) is 5.92 Å². The van der Waals surface area contributed by atoms with Gasteiger partial charge in [0.25, 0.3) is 0 Å². The number of benzene rings is 2. The van der Waals surface area contributed by atoms with Gasteiger partial charge in [0, 0.05) is 28.4 Å². The molecule has 0 aliphatic rings. The van der Waals surface area contributed by atoms with Gasteiger partial charge in [-0.1, -0.05) is 77.1 Å². The average Bonchev–Trinajstić information content (AvgIpc) is 3.19. The summed E-state index contributed by atoms with van der Waals surface area (Å²) in [7, 11) is 0. The first kappa shape index (κ1) is 22.1. The lowest BCUT2D eigenvalue weighted by atomic mass is 9.94. The lowest BCUT2D eigenvalue weighted by molar-refractivity contribution is 0.865. The molecule has 2 heteroatoms. The summed E-state index contributed by atoms with van der Waals surface area (Å²) in [6.45, 7) is 11.1. The van der Waals surface area contributed by atoms with Crippen molar-refractivity contribution in [2.75, 3.05) is 0 Å². The van der Waals surface area contributed by atoms with Crippen LogP contribution in [0.4, 0.5) is 0 Å². The topological polar surface area (TPSA) is 17.8 Å².